The van der Waals surface area contributed by atoms with E-state index in [1.807, 2.05) is 0 Å². The van der Waals surface area contributed by atoms with Crippen molar-refractivity contribution < 1.29 is 17.6 Å². The molecular weight excluding hydrogens is 207 g/mol. The van der Waals surface area contributed by atoms with E-state index >= 15 is 0 Å². The molecule has 0 unspecified atom stereocenters. The Labute approximate surface area is 83.4 Å². The molecule has 0 fully saturated rings. The summed E-state index contributed by atoms with van der Waals surface area (Å²) in [7, 11) is 0. The third kappa shape index (κ3) is 2.01. The van der Waals surface area contributed by atoms with Crippen LogP contribution in [0.1, 0.15) is 5.76 Å². The van der Waals surface area contributed by atoms with E-state index in [1.54, 1.807) is 30.3 Å². The van der Waals surface area contributed by atoms with E-state index in [-0.39, 0.29) is 5.89 Å². The van der Waals surface area contributed by atoms with Gasteiger partial charge in [-0.3, -0.25) is 0 Å². The molecular formula is C10H6F3NO. The molecule has 0 N–H and O–H groups in total. The SMILES string of the molecule is FC(F)(F)c1cnc(-c2ccccc2)o1. The molecule has 15 heavy (non-hydrogen) atoms. The number of hydrogen-bond donors (Lipinski definition) is 0. The minimum Gasteiger partial charge on any atom is -0.432 e. The summed E-state index contributed by atoms with van der Waals surface area (Å²) in [6.45, 7) is 0. The topological polar surface area (TPSA) is 26.0 Å². The van der Waals surface area contributed by atoms with Crippen molar-refractivity contribution in [1.82, 2.24) is 4.98 Å². The lowest BCUT2D eigenvalue weighted by molar-refractivity contribution is -0.152. The molecule has 0 atom stereocenters. The maximum absolute atomic E-state index is 12.2. The molecule has 0 aliphatic carbocycles. The molecule has 2 nitrogen and oxygen atoms in total. The van der Waals surface area contributed by atoms with Crippen molar-refractivity contribution in [3.63, 3.8) is 0 Å². The molecule has 0 saturated heterocycles. The lowest BCUT2D eigenvalue weighted by Crippen LogP contribution is -2.02. The van der Waals surface area contributed by atoms with Crippen molar-refractivity contribution in [2.75, 3.05) is 0 Å². The molecule has 1 aromatic carbocycles. The van der Waals surface area contributed by atoms with Crippen molar-refractivity contribution in [3.05, 3.63) is 42.3 Å². The van der Waals surface area contributed by atoms with Crippen LogP contribution in [0.5, 0.6) is 0 Å². The Kier molecular flexibility index (Phi) is 2.22. The quantitative estimate of drug-likeness (QED) is 0.725. The second-order valence-electron chi connectivity index (χ2n) is 2.89. The summed E-state index contributed by atoms with van der Waals surface area (Å²) >= 11 is 0. The third-order valence-electron chi connectivity index (χ3n) is 1.81. The Hall–Kier alpha value is -1.78. The molecule has 1 heterocycles. The number of nitrogens with zero attached hydrogens (tertiary/aromatic N) is 1. The van der Waals surface area contributed by atoms with Gasteiger partial charge in [0.05, 0.1) is 6.20 Å². The molecule has 0 spiro atoms. The number of oxazole rings is 1. The highest BCUT2D eigenvalue weighted by molar-refractivity contribution is 5.52. The molecule has 2 rings (SSSR count). The zero-order valence-corrected chi connectivity index (χ0v) is 7.45. The summed E-state index contributed by atoms with van der Waals surface area (Å²) in [5.41, 5.74) is 0.521. The Bertz CT molecular complexity index is 447. The fraction of sp³-hybridized carbons (Fsp3) is 0.100. The first-order valence-electron chi connectivity index (χ1n) is 4.16. The van der Waals surface area contributed by atoms with E-state index in [1.165, 1.54) is 0 Å². The fourth-order valence-corrected chi connectivity index (χ4v) is 1.12. The Morgan fingerprint density at radius 3 is 2.27 bits per heavy atom. The summed E-state index contributed by atoms with van der Waals surface area (Å²) in [6.07, 6.45) is -3.80. The molecule has 1 aromatic heterocycles. The van der Waals surface area contributed by atoms with E-state index < -0.39 is 11.9 Å². The fourth-order valence-electron chi connectivity index (χ4n) is 1.12. The zero-order valence-electron chi connectivity index (χ0n) is 7.45. The molecule has 5 heteroatoms. The Morgan fingerprint density at radius 1 is 1.07 bits per heavy atom. The molecule has 0 radical (unpaired) electrons. The van der Waals surface area contributed by atoms with Gasteiger partial charge in [0.1, 0.15) is 0 Å². The van der Waals surface area contributed by atoms with Crippen LogP contribution in [0.25, 0.3) is 11.5 Å². The van der Waals surface area contributed by atoms with E-state index in [0.717, 1.165) is 0 Å². The normalized spacial score (nSPS) is 11.7. The smallest absolute Gasteiger partial charge is 0.432 e. The second kappa shape index (κ2) is 3.42. The summed E-state index contributed by atoms with van der Waals surface area (Å²) in [5.74, 6) is -1.11. The molecule has 0 aliphatic heterocycles. The number of alkyl halides is 3. The van der Waals surface area contributed by atoms with Crippen molar-refractivity contribution in [2.24, 2.45) is 0 Å². The highest BCUT2D eigenvalue weighted by Gasteiger charge is 2.35. The van der Waals surface area contributed by atoms with Crippen molar-refractivity contribution in [2.45, 2.75) is 6.18 Å². The van der Waals surface area contributed by atoms with Gasteiger partial charge in [-0.25, -0.2) is 4.98 Å². The number of hydrogen-bond acceptors (Lipinski definition) is 2. The number of benzene rings is 1. The van der Waals surface area contributed by atoms with Gasteiger partial charge in [-0.2, -0.15) is 13.2 Å². The van der Waals surface area contributed by atoms with E-state index in [2.05, 4.69) is 9.40 Å². The molecule has 0 saturated carbocycles. The summed E-state index contributed by atoms with van der Waals surface area (Å²) < 4.78 is 41.1. The van der Waals surface area contributed by atoms with Gasteiger partial charge in [0, 0.05) is 5.56 Å². The first-order chi connectivity index (χ1) is 7.07. The zero-order chi connectivity index (χ0) is 10.9. The first-order valence-corrected chi connectivity index (χ1v) is 4.16. The van der Waals surface area contributed by atoms with Crippen LogP contribution in [0.15, 0.2) is 40.9 Å². The molecule has 0 aliphatic rings. The summed E-state index contributed by atoms with van der Waals surface area (Å²) in [5, 5.41) is 0. The number of aromatic nitrogens is 1. The van der Waals surface area contributed by atoms with Crippen LogP contribution in [0.3, 0.4) is 0 Å². The maximum Gasteiger partial charge on any atom is 0.451 e. The Balaban J connectivity index is 2.37. The summed E-state index contributed by atoms with van der Waals surface area (Å²) in [6, 6.07) is 8.43. The van der Waals surface area contributed by atoms with Gasteiger partial charge in [0.15, 0.2) is 0 Å². The van der Waals surface area contributed by atoms with Crippen LogP contribution in [-0.2, 0) is 6.18 Å². The Morgan fingerprint density at radius 2 is 1.73 bits per heavy atom. The minimum absolute atomic E-state index is 0.0251. The lowest BCUT2D eigenvalue weighted by Gasteiger charge is -1.99. The second-order valence-corrected chi connectivity index (χ2v) is 2.89. The van der Waals surface area contributed by atoms with Crippen LogP contribution >= 0.6 is 0 Å². The van der Waals surface area contributed by atoms with Gasteiger partial charge in [0.25, 0.3) is 0 Å². The van der Waals surface area contributed by atoms with Crippen molar-refractivity contribution in [3.8, 4) is 11.5 Å². The van der Waals surface area contributed by atoms with Gasteiger partial charge >= 0.3 is 6.18 Å². The van der Waals surface area contributed by atoms with Gasteiger partial charge in [-0.1, -0.05) is 18.2 Å². The van der Waals surface area contributed by atoms with Gasteiger partial charge in [-0.15, -0.1) is 0 Å². The van der Waals surface area contributed by atoms with E-state index in [0.29, 0.717) is 11.8 Å². The van der Waals surface area contributed by atoms with E-state index in [4.69, 9.17) is 0 Å². The molecule has 0 bridgehead atoms. The van der Waals surface area contributed by atoms with Crippen LogP contribution < -0.4 is 0 Å². The highest BCUT2D eigenvalue weighted by Crippen LogP contribution is 2.31. The predicted octanol–water partition coefficient (Wildman–Crippen LogP) is 3.36. The van der Waals surface area contributed by atoms with Crippen LogP contribution in [-0.4, -0.2) is 4.98 Å². The van der Waals surface area contributed by atoms with Crippen molar-refractivity contribution >= 4 is 0 Å². The standard InChI is InChI=1S/C10H6F3NO/c11-10(12,13)8-6-14-9(15-8)7-4-2-1-3-5-7/h1-6H. The molecule has 0 amide bonds. The monoisotopic (exact) mass is 213 g/mol. The maximum atomic E-state index is 12.2. The lowest BCUT2D eigenvalue weighted by atomic mass is 10.2. The third-order valence-corrected chi connectivity index (χ3v) is 1.81. The van der Waals surface area contributed by atoms with Crippen LogP contribution in [0.4, 0.5) is 13.2 Å². The van der Waals surface area contributed by atoms with Crippen LogP contribution in [0.2, 0.25) is 0 Å². The molecule has 78 valence electrons. The average molecular weight is 213 g/mol. The minimum atomic E-state index is -4.49. The van der Waals surface area contributed by atoms with Gasteiger partial charge < -0.3 is 4.42 Å². The van der Waals surface area contributed by atoms with E-state index in [9.17, 15) is 13.2 Å². The molecule has 2 aromatic rings. The predicted molar refractivity (Wildman–Crippen MR) is 46.9 cm³/mol. The largest absolute Gasteiger partial charge is 0.451 e. The highest BCUT2D eigenvalue weighted by atomic mass is 19.4. The van der Waals surface area contributed by atoms with Gasteiger partial charge in [0.2, 0.25) is 11.7 Å². The first kappa shape index (κ1) is 9.76. The summed E-state index contributed by atoms with van der Waals surface area (Å²) in [4.78, 5) is 3.57. The van der Waals surface area contributed by atoms with Crippen LogP contribution in [0, 0.1) is 0 Å². The average Bonchev–Trinajstić information content (AvgIpc) is 2.67. The number of rotatable bonds is 1. The van der Waals surface area contributed by atoms with Crippen molar-refractivity contribution in [1.29, 1.82) is 0 Å². The van der Waals surface area contributed by atoms with Gasteiger partial charge in [-0.05, 0) is 12.1 Å². The number of halogens is 3.